The van der Waals surface area contributed by atoms with Gasteiger partial charge < -0.3 is 14.5 Å². The molecule has 1 saturated carbocycles. The Morgan fingerprint density at radius 1 is 1.18 bits per heavy atom. The Hall–Kier alpha value is -2.37. The van der Waals surface area contributed by atoms with E-state index in [4.69, 9.17) is 4.74 Å². The Kier molecular flexibility index (Phi) is 6.37. The fraction of sp³-hybridized carbons (Fsp3) is 0.591. The molecule has 1 heterocycles. The third-order valence-electron chi connectivity index (χ3n) is 5.68. The number of rotatable bonds is 8. The number of benzene rings is 1. The van der Waals surface area contributed by atoms with E-state index < -0.39 is 5.92 Å². The van der Waals surface area contributed by atoms with Crippen LogP contribution in [0, 0.1) is 25.7 Å². The van der Waals surface area contributed by atoms with Gasteiger partial charge in [0.2, 0.25) is 11.8 Å². The smallest absolute Gasteiger partial charge is 0.307 e. The Labute approximate surface area is 166 Å². The van der Waals surface area contributed by atoms with Crippen molar-refractivity contribution in [2.75, 3.05) is 31.1 Å². The zero-order valence-corrected chi connectivity index (χ0v) is 17.1. The minimum atomic E-state index is -0.650. The van der Waals surface area contributed by atoms with Crippen LogP contribution in [0.3, 0.4) is 0 Å². The van der Waals surface area contributed by atoms with E-state index in [1.54, 1.807) is 16.7 Å². The van der Waals surface area contributed by atoms with E-state index in [1.165, 1.54) is 5.56 Å². The van der Waals surface area contributed by atoms with Gasteiger partial charge in [0.1, 0.15) is 5.92 Å². The maximum absolute atomic E-state index is 13.1. The molecule has 0 N–H and O–H groups in total. The predicted octanol–water partition coefficient (Wildman–Crippen LogP) is 2.85. The fourth-order valence-electron chi connectivity index (χ4n) is 3.64. The largest absolute Gasteiger partial charge is 0.466 e. The second-order valence-electron chi connectivity index (χ2n) is 7.88. The highest BCUT2D eigenvalue weighted by atomic mass is 16.5. The Balaban J connectivity index is 1.67. The number of ether oxygens (including phenoxy) is 1. The standard InChI is InChI=1S/C22H30N2O4/c1-4-28-20(25)10-11-23(14-17-6-7-17)21(26)19-9-12-24(22(19)27)18-8-5-15(2)16(3)13-18/h5,8,13,17,19H,4,6-7,9-12,14H2,1-3H3. The van der Waals surface area contributed by atoms with Crippen LogP contribution in [0.25, 0.3) is 0 Å². The van der Waals surface area contributed by atoms with Crippen LogP contribution in [0.4, 0.5) is 5.69 Å². The van der Waals surface area contributed by atoms with Gasteiger partial charge in [-0.05, 0) is 69.2 Å². The van der Waals surface area contributed by atoms with Gasteiger partial charge in [-0.25, -0.2) is 0 Å². The molecule has 1 aliphatic carbocycles. The van der Waals surface area contributed by atoms with Crippen LogP contribution < -0.4 is 4.90 Å². The van der Waals surface area contributed by atoms with Crippen molar-refractivity contribution >= 4 is 23.5 Å². The summed E-state index contributed by atoms with van der Waals surface area (Å²) in [4.78, 5) is 41.2. The third kappa shape index (κ3) is 4.72. The molecule has 3 rings (SSSR count). The summed E-state index contributed by atoms with van der Waals surface area (Å²) in [6.45, 7) is 7.66. The summed E-state index contributed by atoms with van der Waals surface area (Å²) in [5.74, 6) is -0.732. The molecule has 1 unspecified atom stereocenters. The molecule has 152 valence electrons. The molecule has 1 aromatic rings. The van der Waals surface area contributed by atoms with Crippen LogP contribution in [0.1, 0.15) is 43.7 Å². The zero-order chi connectivity index (χ0) is 20.3. The van der Waals surface area contributed by atoms with Crippen molar-refractivity contribution in [3.8, 4) is 0 Å². The number of nitrogens with zero attached hydrogens (tertiary/aromatic N) is 2. The minimum absolute atomic E-state index is 0.134. The summed E-state index contributed by atoms with van der Waals surface area (Å²) in [5, 5.41) is 0. The Morgan fingerprint density at radius 2 is 1.93 bits per heavy atom. The van der Waals surface area contributed by atoms with Crippen molar-refractivity contribution in [2.45, 2.75) is 46.5 Å². The van der Waals surface area contributed by atoms with E-state index in [-0.39, 0.29) is 24.2 Å². The number of carbonyl (C=O) groups is 3. The normalized spacial score (nSPS) is 19.0. The lowest BCUT2D eigenvalue weighted by Crippen LogP contribution is -2.42. The molecule has 2 fully saturated rings. The van der Waals surface area contributed by atoms with Gasteiger partial charge in [-0.15, -0.1) is 0 Å². The molecule has 0 aromatic heterocycles. The van der Waals surface area contributed by atoms with Crippen molar-refractivity contribution in [3.63, 3.8) is 0 Å². The molecule has 1 aromatic carbocycles. The number of amides is 2. The topological polar surface area (TPSA) is 66.9 Å². The van der Waals surface area contributed by atoms with Crippen molar-refractivity contribution < 1.29 is 19.1 Å². The molecule has 2 amide bonds. The average Bonchev–Trinajstić information content (AvgIpc) is 3.40. The number of esters is 1. The van der Waals surface area contributed by atoms with Crippen LogP contribution in [0.2, 0.25) is 0 Å². The Morgan fingerprint density at radius 3 is 2.57 bits per heavy atom. The lowest BCUT2D eigenvalue weighted by molar-refractivity contribution is -0.145. The molecule has 2 aliphatic rings. The first-order valence-corrected chi connectivity index (χ1v) is 10.2. The third-order valence-corrected chi connectivity index (χ3v) is 5.68. The van der Waals surface area contributed by atoms with Crippen molar-refractivity contribution in [3.05, 3.63) is 29.3 Å². The molecule has 0 spiro atoms. The highest BCUT2D eigenvalue weighted by Crippen LogP contribution is 2.32. The summed E-state index contributed by atoms with van der Waals surface area (Å²) in [6.07, 6.45) is 2.91. The summed E-state index contributed by atoms with van der Waals surface area (Å²) < 4.78 is 4.98. The number of hydrogen-bond acceptors (Lipinski definition) is 4. The zero-order valence-electron chi connectivity index (χ0n) is 17.1. The molecule has 6 heteroatoms. The second kappa shape index (κ2) is 8.76. The summed E-state index contributed by atoms with van der Waals surface area (Å²) >= 11 is 0. The van der Waals surface area contributed by atoms with Crippen LogP contribution in [0.5, 0.6) is 0 Å². The van der Waals surface area contributed by atoms with Crippen LogP contribution in [-0.2, 0) is 19.1 Å². The SMILES string of the molecule is CCOC(=O)CCN(CC1CC1)C(=O)C1CCN(c2ccc(C)c(C)c2)C1=O. The lowest BCUT2D eigenvalue weighted by atomic mass is 10.1. The highest BCUT2D eigenvalue weighted by Gasteiger charge is 2.40. The van der Waals surface area contributed by atoms with Crippen LogP contribution in [-0.4, -0.2) is 48.9 Å². The number of anilines is 1. The molecule has 6 nitrogen and oxygen atoms in total. The van der Waals surface area contributed by atoms with E-state index in [0.29, 0.717) is 38.6 Å². The van der Waals surface area contributed by atoms with E-state index in [0.717, 1.165) is 24.1 Å². The first kappa shape index (κ1) is 20.4. The Bertz CT molecular complexity index is 757. The van der Waals surface area contributed by atoms with Crippen molar-refractivity contribution in [1.82, 2.24) is 4.90 Å². The van der Waals surface area contributed by atoms with Gasteiger partial charge in [0, 0.05) is 25.3 Å². The molecule has 1 saturated heterocycles. The molecule has 1 aliphatic heterocycles. The molecule has 1 atom stereocenters. The van der Waals surface area contributed by atoms with Crippen LogP contribution >= 0.6 is 0 Å². The maximum atomic E-state index is 13.1. The summed E-state index contributed by atoms with van der Waals surface area (Å²) in [5.41, 5.74) is 3.16. The van der Waals surface area contributed by atoms with Crippen LogP contribution in [0.15, 0.2) is 18.2 Å². The molecule has 28 heavy (non-hydrogen) atoms. The van der Waals surface area contributed by atoms with E-state index in [9.17, 15) is 14.4 Å². The summed E-state index contributed by atoms with van der Waals surface area (Å²) in [7, 11) is 0. The number of hydrogen-bond donors (Lipinski definition) is 0. The van der Waals surface area contributed by atoms with Gasteiger partial charge in [0.25, 0.3) is 0 Å². The van der Waals surface area contributed by atoms with Gasteiger partial charge in [0.05, 0.1) is 13.0 Å². The van der Waals surface area contributed by atoms with Crippen molar-refractivity contribution in [1.29, 1.82) is 0 Å². The number of aryl methyl sites for hydroxylation is 2. The first-order chi connectivity index (χ1) is 13.4. The quantitative estimate of drug-likeness (QED) is 0.509. The average molecular weight is 386 g/mol. The minimum Gasteiger partial charge on any atom is -0.466 e. The molecular weight excluding hydrogens is 356 g/mol. The highest BCUT2D eigenvalue weighted by molar-refractivity contribution is 6.09. The number of carbonyl (C=O) groups excluding carboxylic acids is 3. The molecular formula is C22H30N2O4. The van der Waals surface area contributed by atoms with Gasteiger partial charge in [-0.1, -0.05) is 6.07 Å². The van der Waals surface area contributed by atoms with Gasteiger partial charge in [0.15, 0.2) is 0 Å². The lowest BCUT2D eigenvalue weighted by Gasteiger charge is -2.25. The predicted molar refractivity (Wildman–Crippen MR) is 107 cm³/mol. The van der Waals surface area contributed by atoms with E-state index in [1.807, 2.05) is 32.0 Å². The van der Waals surface area contributed by atoms with E-state index in [2.05, 4.69) is 0 Å². The van der Waals surface area contributed by atoms with E-state index >= 15 is 0 Å². The van der Waals surface area contributed by atoms with Gasteiger partial charge in [-0.2, -0.15) is 0 Å². The molecule has 0 bridgehead atoms. The summed E-state index contributed by atoms with van der Waals surface area (Å²) in [6, 6.07) is 5.95. The fourth-order valence-corrected chi connectivity index (χ4v) is 3.64. The first-order valence-electron chi connectivity index (χ1n) is 10.2. The monoisotopic (exact) mass is 386 g/mol. The molecule has 0 radical (unpaired) electrons. The van der Waals surface area contributed by atoms with Gasteiger partial charge >= 0.3 is 5.97 Å². The second-order valence-corrected chi connectivity index (χ2v) is 7.88. The maximum Gasteiger partial charge on any atom is 0.307 e. The van der Waals surface area contributed by atoms with Crippen molar-refractivity contribution in [2.24, 2.45) is 11.8 Å². The van der Waals surface area contributed by atoms with Gasteiger partial charge in [-0.3, -0.25) is 14.4 Å².